The number of aromatic nitrogens is 2. The average molecular weight is 283 g/mol. The smallest absolute Gasteiger partial charge is 0.174 e. The summed E-state index contributed by atoms with van der Waals surface area (Å²) in [7, 11) is 1.81. The molecule has 18 heavy (non-hydrogen) atoms. The minimum absolute atomic E-state index is 0.186. The number of benzene rings is 1. The van der Waals surface area contributed by atoms with E-state index >= 15 is 0 Å². The first kappa shape index (κ1) is 13.5. The maximum Gasteiger partial charge on any atom is 0.174 e. The van der Waals surface area contributed by atoms with Crippen LogP contribution in [-0.4, -0.2) is 16.4 Å². The van der Waals surface area contributed by atoms with Gasteiger partial charge in [-0.25, -0.2) is 9.37 Å². The molecule has 6 heteroatoms. The van der Waals surface area contributed by atoms with Crippen LogP contribution in [0.3, 0.4) is 0 Å². The molecule has 0 bridgehead atoms. The van der Waals surface area contributed by atoms with Crippen LogP contribution in [0, 0.1) is 5.82 Å². The summed E-state index contributed by atoms with van der Waals surface area (Å²) in [6.07, 6.45) is 0.823. The first-order chi connectivity index (χ1) is 8.74. The molecule has 0 saturated heterocycles. The van der Waals surface area contributed by atoms with E-state index in [4.69, 9.17) is 0 Å². The van der Waals surface area contributed by atoms with Gasteiger partial charge in [0.25, 0.3) is 0 Å². The van der Waals surface area contributed by atoms with Gasteiger partial charge in [-0.15, -0.1) is 0 Å². The SMILES string of the molecule is CCc1nsc(Sc2cccc(F)c2CNC)n1. The van der Waals surface area contributed by atoms with Crippen molar-refractivity contribution in [2.24, 2.45) is 0 Å². The number of rotatable bonds is 5. The van der Waals surface area contributed by atoms with Crippen LogP contribution in [0.2, 0.25) is 0 Å². The minimum Gasteiger partial charge on any atom is -0.316 e. The van der Waals surface area contributed by atoms with Gasteiger partial charge < -0.3 is 5.32 Å². The van der Waals surface area contributed by atoms with E-state index in [1.165, 1.54) is 29.4 Å². The number of nitrogens with one attached hydrogen (secondary N) is 1. The third-order valence-corrected chi connectivity index (χ3v) is 4.28. The second-order valence-electron chi connectivity index (χ2n) is 3.68. The summed E-state index contributed by atoms with van der Waals surface area (Å²) in [5.41, 5.74) is 0.679. The third kappa shape index (κ3) is 3.07. The van der Waals surface area contributed by atoms with Crippen molar-refractivity contribution in [1.82, 2.24) is 14.7 Å². The molecule has 1 N–H and O–H groups in total. The maximum atomic E-state index is 13.7. The van der Waals surface area contributed by atoms with Gasteiger partial charge in [0.05, 0.1) is 0 Å². The van der Waals surface area contributed by atoms with Crippen molar-refractivity contribution in [1.29, 1.82) is 0 Å². The molecule has 0 amide bonds. The van der Waals surface area contributed by atoms with E-state index < -0.39 is 0 Å². The van der Waals surface area contributed by atoms with Crippen LogP contribution in [0.25, 0.3) is 0 Å². The lowest BCUT2D eigenvalue weighted by atomic mass is 10.2. The van der Waals surface area contributed by atoms with E-state index in [-0.39, 0.29) is 5.82 Å². The van der Waals surface area contributed by atoms with Crippen molar-refractivity contribution in [3.8, 4) is 0 Å². The molecule has 1 aromatic heterocycles. The highest BCUT2D eigenvalue weighted by atomic mass is 32.2. The number of hydrogen-bond donors (Lipinski definition) is 1. The summed E-state index contributed by atoms with van der Waals surface area (Å²) in [5.74, 6) is 0.656. The summed E-state index contributed by atoms with van der Waals surface area (Å²) in [5, 5.41) is 2.98. The van der Waals surface area contributed by atoms with Gasteiger partial charge in [-0.1, -0.05) is 24.8 Å². The lowest BCUT2D eigenvalue weighted by molar-refractivity contribution is 0.594. The Bertz CT molecular complexity index is 528. The molecular formula is C12H14FN3S2. The van der Waals surface area contributed by atoms with Crippen molar-refractivity contribution >= 4 is 23.3 Å². The molecule has 0 atom stereocenters. The Morgan fingerprint density at radius 2 is 2.28 bits per heavy atom. The second kappa shape index (κ2) is 6.26. The van der Waals surface area contributed by atoms with Crippen molar-refractivity contribution in [2.45, 2.75) is 29.1 Å². The highest BCUT2D eigenvalue weighted by Gasteiger charge is 2.11. The van der Waals surface area contributed by atoms with Crippen LogP contribution < -0.4 is 5.32 Å². The van der Waals surface area contributed by atoms with Gasteiger partial charge in [0.2, 0.25) is 0 Å². The first-order valence-corrected chi connectivity index (χ1v) is 7.26. The first-order valence-electron chi connectivity index (χ1n) is 5.67. The van der Waals surface area contributed by atoms with Gasteiger partial charge in [0, 0.05) is 23.4 Å². The van der Waals surface area contributed by atoms with E-state index in [9.17, 15) is 4.39 Å². The minimum atomic E-state index is -0.186. The lowest BCUT2D eigenvalue weighted by Crippen LogP contribution is -2.08. The number of nitrogens with zero attached hydrogens (tertiary/aromatic N) is 2. The van der Waals surface area contributed by atoms with Crippen LogP contribution in [0.5, 0.6) is 0 Å². The molecule has 0 aliphatic rings. The van der Waals surface area contributed by atoms with Crippen LogP contribution in [0.15, 0.2) is 27.4 Å². The highest BCUT2D eigenvalue weighted by Crippen LogP contribution is 2.32. The standard InChI is InChI=1S/C12H14FN3S2/c1-3-11-15-12(18-16-11)17-10-6-4-5-9(13)8(10)7-14-2/h4-6,14H,3,7H2,1-2H3. The van der Waals surface area contributed by atoms with Crippen LogP contribution in [0.1, 0.15) is 18.3 Å². The summed E-state index contributed by atoms with van der Waals surface area (Å²) >= 11 is 2.83. The predicted molar refractivity (Wildman–Crippen MR) is 72.6 cm³/mol. The largest absolute Gasteiger partial charge is 0.316 e. The summed E-state index contributed by atoms with van der Waals surface area (Å²) in [6, 6.07) is 5.11. The average Bonchev–Trinajstić information content (AvgIpc) is 2.81. The fraction of sp³-hybridized carbons (Fsp3) is 0.333. The number of hydrogen-bond acceptors (Lipinski definition) is 5. The van der Waals surface area contributed by atoms with Crippen LogP contribution in [-0.2, 0) is 13.0 Å². The maximum absolute atomic E-state index is 13.7. The Kier molecular flexibility index (Phi) is 4.68. The van der Waals surface area contributed by atoms with Crippen molar-refractivity contribution in [2.75, 3.05) is 7.05 Å². The highest BCUT2D eigenvalue weighted by molar-refractivity contribution is 8.01. The number of aryl methyl sites for hydroxylation is 1. The van der Waals surface area contributed by atoms with Crippen molar-refractivity contribution < 1.29 is 4.39 Å². The normalized spacial score (nSPS) is 10.8. The van der Waals surface area contributed by atoms with E-state index in [2.05, 4.69) is 14.7 Å². The number of halogens is 1. The zero-order valence-corrected chi connectivity index (χ0v) is 11.9. The Hall–Kier alpha value is -0.980. The molecule has 2 aromatic rings. The van der Waals surface area contributed by atoms with Gasteiger partial charge in [0.15, 0.2) is 4.34 Å². The summed E-state index contributed by atoms with van der Waals surface area (Å²) in [4.78, 5) is 5.27. The Morgan fingerprint density at radius 3 is 2.94 bits per heavy atom. The van der Waals surface area contributed by atoms with Crippen molar-refractivity contribution in [3.05, 3.63) is 35.4 Å². The Morgan fingerprint density at radius 1 is 1.44 bits per heavy atom. The van der Waals surface area contributed by atoms with E-state index in [1.807, 2.05) is 13.0 Å². The van der Waals surface area contributed by atoms with Gasteiger partial charge in [0.1, 0.15) is 11.6 Å². The molecule has 1 heterocycles. The Balaban J connectivity index is 2.25. The monoisotopic (exact) mass is 283 g/mol. The molecule has 1 aromatic carbocycles. The Labute approximate surface area is 114 Å². The zero-order chi connectivity index (χ0) is 13.0. The van der Waals surface area contributed by atoms with E-state index in [0.29, 0.717) is 12.1 Å². The molecule has 0 unspecified atom stereocenters. The second-order valence-corrected chi connectivity index (χ2v) is 5.72. The molecule has 0 aliphatic carbocycles. The fourth-order valence-corrected chi connectivity index (χ4v) is 3.31. The predicted octanol–water partition coefficient (Wildman–Crippen LogP) is 3.11. The lowest BCUT2D eigenvalue weighted by Gasteiger charge is -2.07. The third-order valence-electron chi connectivity index (χ3n) is 2.39. The zero-order valence-electron chi connectivity index (χ0n) is 10.2. The van der Waals surface area contributed by atoms with Gasteiger partial charge in [-0.05, 0) is 30.7 Å². The van der Waals surface area contributed by atoms with Gasteiger partial charge >= 0.3 is 0 Å². The molecule has 3 nitrogen and oxygen atoms in total. The molecule has 0 fully saturated rings. The van der Waals surface area contributed by atoms with Crippen LogP contribution >= 0.6 is 23.3 Å². The topological polar surface area (TPSA) is 37.8 Å². The summed E-state index contributed by atoms with van der Waals surface area (Å²) in [6.45, 7) is 2.53. The molecule has 0 aliphatic heterocycles. The molecule has 0 spiro atoms. The van der Waals surface area contributed by atoms with E-state index in [1.54, 1.807) is 13.1 Å². The van der Waals surface area contributed by atoms with Gasteiger partial charge in [-0.3, -0.25) is 0 Å². The molecule has 2 rings (SSSR count). The molecular weight excluding hydrogens is 269 g/mol. The molecule has 0 saturated carbocycles. The fourth-order valence-electron chi connectivity index (χ4n) is 1.50. The molecule has 0 radical (unpaired) electrons. The summed E-state index contributed by atoms with van der Waals surface area (Å²) < 4.78 is 18.8. The van der Waals surface area contributed by atoms with E-state index in [0.717, 1.165) is 21.5 Å². The van der Waals surface area contributed by atoms with Gasteiger partial charge in [-0.2, -0.15) is 4.37 Å². The van der Waals surface area contributed by atoms with Crippen molar-refractivity contribution in [3.63, 3.8) is 0 Å². The van der Waals surface area contributed by atoms with Crippen LogP contribution in [0.4, 0.5) is 4.39 Å². The quantitative estimate of drug-likeness (QED) is 0.915. The molecule has 96 valence electrons.